The van der Waals surface area contributed by atoms with Gasteiger partial charge in [0.1, 0.15) is 5.75 Å². The highest BCUT2D eigenvalue weighted by Gasteiger charge is 2.15. The highest BCUT2D eigenvalue weighted by Crippen LogP contribution is 2.21. The molecule has 0 unspecified atom stereocenters. The second-order valence-electron chi connectivity index (χ2n) is 5.43. The van der Waals surface area contributed by atoms with E-state index in [2.05, 4.69) is 22.9 Å². The van der Waals surface area contributed by atoms with Crippen molar-refractivity contribution in [3.8, 4) is 5.75 Å². The van der Waals surface area contributed by atoms with E-state index in [-0.39, 0.29) is 12.4 Å². The Bertz CT molecular complexity index is 406. The Balaban J connectivity index is 0.00000200. The van der Waals surface area contributed by atoms with Crippen LogP contribution in [0, 0.1) is 0 Å². The summed E-state index contributed by atoms with van der Waals surface area (Å²) >= 11 is 0. The second kappa shape index (κ2) is 8.47. The van der Waals surface area contributed by atoms with Crippen LogP contribution in [0.15, 0.2) is 18.2 Å². The van der Waals surface area contributed by atoms with Crippen LogP contribution in [0.25, 0.3) is 0 Å². The first-order chi connectivity index (χ1) is 9.19. The van der Waals surface area contributed by atoms with Crippen molar-refractivity contribution in [2.75, 3.05) is 39.8 Å². The van der Waals surface area contributed by atoms with Crippen molar-refractivity contribution in [1.82, 2.24) is 9.80 Å². The third-order valence-corrected chi connectivity index (χ3v) is 3.80. The molecule has 5 heteroatoms. The third-order valence-electron chi connectivity index (χ3n) is 3.80. The highest BCUT2D eigenvalue weighted by molar-refractivity contribution is 5.85. The van der Waals surface area contributed by atoms with Gasteiger partial charge in [-0.3, -0.25) is 4.90 Å². The van der Waals surface area contributed by atoms with E-state index in [0.29, 0.717) is 12.3 Å². The highest BCUT2D eigenvalue weighted by atomic mass is 35.5. The predicted octanol–water partition coefficient (Wildman–Crippen LogP) is 1.45. The van der Waals surface area contributed by atoms with Crippen LogP contribution in [-0.4, -0.2) is 54.7 Å². The number of rotatable bonds is 5. The van der Waals surface area contributed by atoms with E-state index in [1.54, 1.807) is 0 Å². The fraction of sp³-hybridized carbons (Fsp3) is 0.600. The second-order valence-corrected chi connectivity index (χ2v) is 5.43. The van der Waals surface area contributed by atoms with Crippen molar-refractivity contribution >= 4 is 12.4 Å². The first-order valence-corrected chi connectivity index (χ1v) is 7.11. The van der Waals surface area contributed by atoms with Crippen molar-refractivity contribution < 1.29 is 5.11 Å². The number of nitrogens with two attached hydrogens (primary N) is 1. The number of hydrogen-bond acceptors (Lipinski definition) is 4. The summed E-state index contributed by atoms with van der Waals surface area (Å²) in [6.45, 7) is 5.91. The zero-order chi connectivity index (χ0) is 13.7. The first kappa shape index (κ1) is 17.2. The number of aromatic hydroxyl groups is 1. The van der Waals surface area contributed by atoms with Crippen LogP contribution < -0.4 is 5.73 Å². The van der Waals surface area contributed by atoms with Gasteiger partial charge in [-0.25, -0.2) is 0 Å². The number of halogens is 1. The van der Waals surface area contributed by atoms with E-state index in [1.807, 2.05) is 12.1 Å². The molecule has 2 rings (SSSR count). The van der Waals surface area contributed by atoms with E-state index in [1.165, 1.54) is 5.56 Å². The van der Waals surface area contributed by atoms with Gasteiger partial charge in [-0.2, -0.15) is 0 Å². The molecule has 0 spiro atoms. The summed E-state index contributed by atoms with van der Waals surface area (Å²) in [5.41, 5.74) is 7.86. The fourth-order valence-corrected chi connectivity index (χ4v) is 2.47. The molecule has 1 aliphatic rings. The number of likely N-dealkylation sites (N-methyl/N-ethyl adjacent to an activating group) is 1. The maximum absolute atomic E-state index is 9.98. The van der Waals surface area contributed by atoms with Crippen molar-refractivity contribution in [1.29, 1.82) is 0 Å². The molecule has 0 amide bonds. The van der Waals surface area contributed by atoms with Gasteiger partial charge in [-0.1, -0.05) is 12.1 Å². The summed E-state index contributed by atoms with van der Waals surface area (Å²) in [5.74, 6) is 0.412. The molecule has 1 aromatic rings. The molecule has 3 N–H and O–H groups in total. The Morgan fingerprint density at radius 3 is 2.55 bits per heavy atom. The van der Waals surface area contributed by atoms with Crippen LogP contribution in [0.5, 0.6) is 5.75 Å². The van der Waals surface area contributed by atoms with Crippen molar-refractivity contribution in [2.45, 2.75) is 19.4 Å². The van der Waals surface area contributed by atoms with Gasteiger partial charge in [-0.05, 0) is 38.1 Å². The number of phenols is 1. The lowest BCUT2D eigenvalue weighted by Gasteiger charge is -2.32. The standard InChI is InChI=1S/C15H25N3O.ClH/c1-17-7-9-18(10-8-17)12-14-11-13(3-2-6-16)4-5-15(14)19;/h4-5,11,19H,2-3,6-10,12,16H2,1H3;1H. The first-order valence-electron chi connectivity index (χ1n) is 7.11. The molecule has 0 radical (unpaired) electrons. The van der Waals surface area contributed by atoms with Crippen LogP contribution in [0.4, 0.5) is 0 Å². The van der Waals surface area contributed by atoms with Crippen LogP contribution >= 0.6 is 12.4 Å². The van der Waals surface area contributed by atoms with E-state index in [0.717, 1.165) is 51.1 Å². The summed E-state index contributed by atoms with van der Waals surface area (Å²) in [4.78, 5) is 4.75. The molecule has 1 aromatic carbocycles. The molecule has 1 aliphatic heterocycles. The maximum atomic E-state index is 9.98. The van der Waals surface area contributed by atoms with E-state index in [4.69, 9.17) is 5.73 Å². The molecule has 114 valence electrons. The van der Waals surface area contributed by atoms with Crippen molar-refractivity contribution in [3.63, 3.8) is 0 Å². The predicted molar refractivity (Wildman–Crippen MR) is 85.5 cm³/mol. The van der Waals surface area contributed by atoms with Crippen LogP contribution in [0.2, 0.25) is 0 Å². The van der Waals surface area contributed by atoms with Gasteiger partial charge in [0, 0.05) is 38.3 Å². The summed E-state index contributed by atoms with van der Waals surface area (Å²) in [7, 11) is 2.16. The molecular weight excluding hydrogens is 274 g/mol. The number of aryl methyl sites for hydroxylation is 1. The van der Waals surface area contributed by atoms with Gasteiger partial charge in [0.25, 0.3) is 0 Å². The number of benzene rings is 1. The average molecular weight is 300 g/mol. The monoisotopic (exact) mass is 299 g/mol. The Morgan fingerprint density at radius 1 is 1.20 bits per heavy atom. The molecule has 0 aromatic heterocycles. The molecular formula is C15H26ClN3O. The molecule has 0 aliphatic carbocycles. The van der Waals surface area contributed by atoms with Crippen molar-refractivity contribution in [2.24, 2.45) is 5.73 Å². The molecule has 1 saturated heterocycles. The zero-order valence-electron chi connectivity index (χ0n) is 12.2. The normalized spacial score (nSPS) is 16.9. The zero-order valence-corrected chi connectivity index (χ0v) is 13.0. The van der Waals surface area contributed by atoms with E-state index < -0.39 is 0 Å². The number of hydrogen-bond donors (Lipinski definition) is 2. The lowest BCUT2D eigenvalue weighted by Crippen LogP contribution is -2.43. The number of nitrogens with zero attached hydrogens (tertiary/aromatic N) is 2. The smallest absolute Gasteiger partial charge is 0.120 e. The van der Waals surface area contributed by atoms with E-state index >= 15 is 0 Å². The topological polar surface area (TPSA) is 52.7 Å². The Hall–Kier alpha value is -0.810. The quantitative estimate of drug-likeness (QED) is 0.864. The van der Waals surface area contributed by atoms with Crippen LogP contribution in [-0.2, 0) is 13.0 Å². The summed E-state index contributed by atoms with van der Waals surface area (Å²) in [6.07, 6.45) is 1.99. The Kier molecular flexibility index (Phi) is 7.30. The SMILES string of the molecule is CN1CCN(Cc2cc(CCCN)ccc2O)CC1.Cl. The molecule has 1 fully saturated rings. The Labute approximate surface area is 128 Å². The largest absolute Gasteiger partial charge is 0.508 e. The van der Waals surface area contributed by atoms with E-state index in [9.17, 15) is 5.11 Å². The summed E-state index contributed by atoms with van der Waals surface area (Å²) < 4.78 is 0. The summed E-state index contributed by atoms with van der Waals surface area (Å²) in [6, 6.07) is 5.94. The number of piperazine rings is 1. The van der Waals surface area contributed by atoms with Crippen molar-refractivity contribution in [3.05, 3.63) is 29.3 Å². The average Bonchev–Trinajstić information content (AvgIpc) is 2.42. The minimum atomic E-state index is 0. The van der Waals surface area contributed by atoms with Gasteiger partial charge < -0.3 is 15.7 Å². The van der Waals surface area contributed by atoms with Crippen LogP contribution in [0.1, 0.15) is 17.5 Å². The fourth-order valence-electron chi connectivity index (χ4n) is 2.47. The Morgan fingerprint density at radius 2 is 1.90 bits per heavy atom. The van der Waals surface area contributed by atoms with Gasteiger partial charge in [-0.15, -0.1) is 12.4 Å². The molecule has 20 heavy (non-hydrogen) atoms. The lowest BCUT2D eigenvalue weighted by atomic mass is 10.0. The number of phenolic OH excluding ortho intramolecular Hbond substituents is 1. The lowest BCUT2D eigenvalue weighted by molar-refractivity contribution is 0.147. The van der Waals surface area contributed by atoms with Gasteiger partial charge in [0.05, 0.1) is 0 Å². The minimum Gasteiger partial charge on any atom is -0.508 e. The van der Waals surface area contributed by atoms with Gasteiger partial charge in [0.15, 0.2) is 0 Å². The molecule has 1 heterocycles. The third kappa shape index (κ3) is 4.94. The molecule has 4 nitrogen and oxygen atoms in total. The molecule has 0 atom stereocenters. The van der Waals surface area contributed by atoms with Gasteiger partial charge >= 0.3 is 0 Å². The van der Waals surface area contributed by atoms with Crippen LogP contribution in [0.3, 0.4) is 0 Å². The summed E-state index contributed by atoms with van der Waals surface area (Å²) in [5, 5.41) is 9.98. The molecule has 0 saturated carbocycles. The minimum absolute atomic E-state index is 0. The molecule has 0 bridgehead atoms. The van der Waals surface area contributed by atoms with Gasteiger partial charge in [0.2, 0.25) is 0 Å². The maximum Gasteiger partial charge on any atom is 0.120 e.